The quantitative estimate of drug-likeness (QED) is 0.701. The van der Waals surface area contributed by atoms with Crippen LogP contribution in [0.2, 0.25) is 0 Å². The van der Waals surface area contributed by atoms with Gasteiger partial charge in [-0.05, 0) is 32.6 Å². The molecular weight excluding hydrogens is 188 g/mol. The minimum absolute atomic E-state index is 0.0249. The first-order valence-electron chi connectivity index (χ1n) is 6.17. The summed E-state index contributed by atoms with van der Waals surface area (Å²) < 4.78 is 0. The van der Waals surface area contributed by atoms with Gasteiger partial charge in [-0.1, -0.05) is 25.7 Å². The molecule has 1 fully saturated rings. The Morgan fingerprint density at radius 1 is 1.20 bits per heavy atom. The maximum absolute atomic E-state index is 11.7. The molecule has 0 heterocycles. The van der Waals surface area contributed by atoms with E-state index in [1.165, 1.54) is 25.7 Å². The number of carbonyl (C=O) groups is 1. The first-order valence-corrected chi connectivity index (χ1v) is 6.17. The third-order valence-corrected chi connectivity index (χ3v) is 3.14. The molecule has 0 aliphatic heterocycles. The molecule has 3 N–H and O–H groups in total. The number of carbonyl (C=O) groups excluding carboxylic acids is 1. The Morgan fingerprint density at radius 2 is 1.73 bits per heavy atom. The van der Waals surface area contributed by atoms with E-state index < -0.39 is 0 Å². The summed E-state index contributed by atoms with van der Waals surface area (Å²) in [4.78, 5) is 11.7. The highest BCUT2D eigenvalue weighted by Gasteiger charge is 2.25. The Bertz CT molecular complexity index is 196. The second-order valence-electron chi connectivity index (χ2n) is 4.94. The number of hydrogen-bond donors (Lipinski definition) is 2. The molecule has 0 radical (unpaired) electrons. The predicted molar refractivity (Wildman–Crippen MR) is 62.4 cm³/mol. The Kier molecular flexibility index (Phi) is 5.09. The van der Waals surface area contributed by atoms with Gasteiger partial charge in [0.25, 0.3) is 0 Å². The van der Waals surface area contributed by atoms with Crippen molar-refractivity contribution in [3.8, 4) is 0 Å². The summed E-state index contributed by atoms with van der Waals surface area (Å²) in [5.41, 5.74) is 6.00. The lowest BCUT2D eigenvalue weighted by Gasteiger charge is -2.22. The van der Waals surface area contributed by atoms with Crippen LogP contribution < -0.4 is 11.1 Å². The maximum Gasteiger partial charge on any atom is 0.237 e. The zero-order valence-corrected chi connectivity index (χ0v) is 9.96. The van der Waals surface area contributed by atoms with Crippen LogP contribution in [0.15, 0.2) is 0 Å². The summed E-state index contributed by atoms with van der Waals surface area (Å²) in [6.07, 6.45) is 7.30. The lowest BCUT2D eigenvalue weighted by molar-refractivity contribution is -0.124. The van der Waals surface area contributed by atoms with Crippen LogP contribution in [0.1, 0.15) is 52.4 Å². The van der Waals surface area contributed by atoms with E-state index in [9.17, 15) is 4.79 Å². The second kappa shape index (κ2) is 6.11. The highest BCUT2D eigenvalue weighted by molar-refractivity contribution is 5.82. The molecule has 1 unspecified atom stereocenters. The van der Waals surface area contributed by atoms with Crippen LogP contribution in [0.5, 0.6) is 0 Å². The van der Waals surface area contributed by atoms with Crippen molar-refractivity contribution in [2.45, 2.75) is 64.5 Å². The fraction of sp³-hybridized carbons (Fsp3) is 0.917. The number of amides is 1. The molecule has 0 bridgehead atoms. The summed E-state index contributed by atoms with van der Waals surface area (Å²) in [5.74, 6) is 0.420. The summed E-state index contributed by atoms with van der Waals surface area (Å²) in [6, 6.07) is -0.111. The zero-order chi connectivity index (χ0) is 11.3. The summed E-state index contributed by atoms with van der Waals surface area (Å²) >= 11 is 0. The molecular formula is C12H24N2O. The van der Waals surface area contributed by atoms with Crippen molar-refractivity contribution in [3.63, 3.8) is 0 Å². The normalized spacial score (nSPS) is 21.1. The molecule has 0 aromatic heterocycles. The van der Waals surface area contributed by atoms with Crippen LogP contribution in [0.4, 0.5) is 0 Å². The number of nitrogens with two attached hydrogens (primary N) is 1. The van der Waals surface area contributed by atoms with Gasteiger partial charge in [-0.2, -0.15) is 0 Å². The maximum atomic E-state index is 11.7. The van der Waals surface area contributed by atoms with Crippen LogP contribution in [0.25, 0.3) is 0 Å². The van der Waals surface area contributed by atoms with Gasteiger partial charge >= 0.3 is 0 Å². The van der Waals surface area contributed by atoms with Crippen molar-refractivity contribution in [1.82, 2.24) is 5.32 Å². The van der Waals surface area contributed by atoms with Gasteiger partial charge in [-0.25, -0.2) is 0 Å². The standard InChI is InChI=1S/C12H24N2O/c1-9(2)14-12(15)11(13)10-7-5-3-4-6-8-10/h9-11H,3-8,13H2,1-2H3,(H,14,15). The molecule has 15 heavy (non-hydrogen) atoms. The monoisotopic (exact) mass is 212 g/mol. The van der Waals surface area contributed by atoms with E-state index in [2.05, 4.69) is 5.32 Å². The van der Waals surface area contributed by atoms with Gasteiger partial charge in [-0.3, -0.25) is 4.79 Å². The molecule has 1 aliphatic carbocycles. The van der Waals surface area contributed by atoms with Crippen molar-refractivity contribution < 1.29 is 4.79 Å². The fourth-order valence-corrected chi connectivity index (χ4v) is 2.26. The van der Waals surface area contributed by atoms with Crippen molar-refractivity contribution >= 4 is 5.91 Å². The van der Waals surface area contributed by atoms with E-state index in [4.69, 9.17) is 5.73 Å². The van der Waals surface area contributed by atoms with E-state index in [0.717, 1.165) is 12.8 Å². The van der Waals surface area contributed by atoms with Gasteiger partial charge in [0.15, 0.2) is 0 Å². The van der Waals surface area contributed by atoms with E-state index in [0.29, 0.717) is 5.92 Å². The topological polar surface area (TPSA) is 55.1 Å². The molecule has 3 nitrogen and oxygen atoms in total. The van der Waals surface area contributed by atoms with Crippen molar-refractivity contribution in [3.05, 3.63) is 0 Å². The zero-order valence-electron chi connectivity index (χ0n) is 9.96. The Balaban J connectivity index is 2.42. The molecule has 0 aromatic rings. The minimum atomic E-state index is -0.300. The number of hydrogen-bond acceptors (Lipinski definition) is 2. The van der Waals surface area contributed by atoms with Crippen molar-refractivity contribution in [2.24, 2.45) is 11.7 Å². The van der Waals surface area contributed by atoms with Gasteiger partial charge in [-0.15, -0.1) is 0 Å². The Labute approximate surface area is 92.8 Å². The smallest absolute Gasteiger partial charge is 0.237 e. The summed E-state index contributed by atoms with van der Waals surface area (Å²) in [6.45, 7) is 3.94. The van der Waals surface area contributed by atoms with Gasteiger partial charge in [0, 0.05) is 6.04 Å². The highest BCUT2D eigenvalue weighted by Crippen LogP contribution is 2.24. The predicted octanol–water partition coefficient (Wildman–Crippen LogP) is 1.81. The summed E-state index contributed by atoms with van der Waals surface area (Å²) in [7, 11) is 0. The SMILES string of the molecule is CC(C)NC(=O)C(N)C1CCCCCC1. The molecule has 1 amide bonds. The van der Waals surface area contributed by atoms with Gasteiger partial charge in [0.2, 0.25) is 5.91 Å². The molecule has 0 saturated heterocycles. The first kappa shape index (κ1) is 12.5. The van der Waals surface area contributed by atoms with Crippen LogP contribution in [-0.2, 0) is 4.79 Å². The second-order valence-corrected chi connectivity index (χ2v) is 4.94. The molecule has 1 atom stereocenters. The lowest BCUT2D eigenvalue weighted by Crippen LogP contribution is -2.47. The fourth-order valence-electron chi connectivity index (χ4n) is 2.26. The largest absolute Gasteiger partial charge is 0.353 e. The first-order chi connectivity index (χ1) is 7.11. The minimum Gasteiger partial charge on any atom is -0.353 e. The average Bonchev–Trinajstić information content (AvgIpc) is 2.43. The van der Waals surface area contributed by atoms with Crippen LogP contribution >= 0.6 is 0 Å². The number of nitrogens with one attached hydrogen (secondary N) is 1. The van der Waals surface area contributed by atoms with E-state index in [1.807, 2.05) is 13.8 Å². The molecule has 0 aromatic carbocycles. The third-order valence-electron chi connectivity index (χ3n) is 3.14. The molecule has 0 spiro atoms. The van der Waals surface area contributed by atoms with Crippen molar-refractivity contribution in [1.29, 1.82) is 0 Å². The summed E-state index contributed by atoms with van der Waals surface area (Å²) in [5, 5.41) is 2.90. The number of rotatable bonds is 3. The average molecular weight is 212 g/mol. The lowest BCUT2D eigenvalue weighted by atomic mass is 9.92. The van der Waals surface area contributed by atoms with Crippen LogP contribution in [0.3, 0.4) is 0 Å². The highest BCUT2D eigenvalue weighted by atomic mass is 16.2. The van der Waals surface area contributed by atoms with Gasteiger partial charge in [0.05, 0.1) is 6.04 Å². The molecule has 1 aliphatic rings. The third kappa shape index (κ3) is 4.20. The van der Waals surface area contributed by atoms with E-state index in [1.54, 1.807) is 0 Å². The molecule has 1 rings (SSSR count). The van der Waals surface area contributed by atoms with Gasteiger partial charge < -0.3 is 11.1 Å². The Morgan fingerprint density at radius 3 is 2.20 bits per heavy atom. The molecule has 3 heteroatoms. The van der Waals surface area contributed by atoms with Gasteiger partial charge in [0.1, 0.15) is 0 Å². The Hall–Kier alpha value is -0.570. The van der Waals surface area contributed by atoms with Crippen LogP contribution in [-0.4, -0.2) is 18.0 Å². The van der Waals surface area contributed by atoms with Crippen molar-refractivity contribution in [2.75, 3.05) is 0 Å². The van der Waals surface area contributed by atoms with E-state index >= 15 is 0 Å². The molecule has 88 valence electrons. The van der Waals surface area contributed by atoms with Crippen LogP contribution in [0, 0.1) is 5.92 Å². The molecule has 1 saturated carbocycles. The van der Waals surface area contributed by atoms with E-state index in [-0.39, 0.29) is 18.0 Å².